The number of hydrogen-bond acceptors (Lipinski definition) is 3. The van der Waals surface area contributed by atoms with Gasteiger partial charge in [0.25, 0.3) is 0 Å². The molecule has 0 aromatic heterocycles. The van der Waals surface area contributed by atoms with Gasteiger partial charge in [-0.25, -0.2) is 0 Å². The van der Waals surface area contributed by atoms with E-state index in [1.165, 1.54) is 0 Å². The first kappa shape index (κ1) is 19.2. The standard InChI is InChI=1S/C16H29N3O2.ClH/c1-11(18-14(20)12-6-4-5-7-12)15(21)19-9-8-13(17)16(2,3)10-19;/h11-13H,4-10,17H2,1-3H3,(H,18,20);1H. The van der Waals surface area contributed by atoms with Crippen molar-refractivity contribution in [2.45, 2.75) is 65.0 Å². The molecular weight excluding hydrogens is 302 g/mol. The summed E-state index contributed by atoms with van der Waals surface area (Å²) in [5.41, 5.74) is 6.04. The first-order valence-electron chi connectivity index (χ1n) is 8.16. The van der Waals surface area contributed by atoms with Crippen LogP contribution in [-0.4, -0.2) is 41.9 Å². The minimum absolute atomic E-state index is 0. The van der Waals surface area contributed by atoms with Crippen LogP contribution in [0.5, 0.6) is 0 Å². The molecule has 2 atom stereocenters. The summed E-state index contributed by atoms with van der Waals surface area (Å²) in [5.74, 6) is 0.161. The van der Waals surface area contributed by atoms with Crippen LogP contribution in [0.3, 0.4) is 0 Å². The Morgan fingerprint density at radius 2 is 1.82 bits per heavy atom. The number of nitrogens with two attached hydrogens (primary N) is 1. The Bertz CT molecular complexity index is 408. The molecule has 2 amide bonds. The van der Waals surface area contributed by atoms with E-state index in [9.17, 15) is 9.59 Å². The second-order valence-electron chi connectivity index (χ2n) is 7.36. The van der Waals surface area contributed by atoms with E-state index < -0.39 is 6.04 Å². The summed E-state index contributed by atoms with van der Waals surface area (Å²) in [5, 5.41) is 2.90. The van der Waals surface area contributed by atoms with Crippen LogP contribution in [0.2, 0.25) is 0 Å². The minimum atomic E-state index is -0.441. The van der Waals surface area contributed by atoms with Crippen molar-refractivity contribution < 1.29 is 9.59 Å². The van der Waals surface area contributed by atoms with Crippen molar-refractivity contribution in [2.24, 2.45) is 17.1 Å². The average molecular weight is 332 g/mol. The second kappa shape index (κ2) is 7.64. The van der Waals surface area contributed by atoms with Crippen LogP contribution in [-0.2, 0) is 9.59 Å². The van der Waals surface area contributed by atoms with Crippen LogP contribution in [0.25, 0.3) is 0 Å². The molecule has 1 aliphatic carbocycles. The van der Waals surface area contributed by atoms with E-state index in [0.717, 1.165) is 32.1 Å². The van der Waals surface area contributed by atoms with Crippen molar-refractivity contribution in [3.8, 4) is 0 Å². The number of halogens is 1. The normalized spacial score (nSPS) is 26.2. The molecule has 1 saturated heterocycles. The number of nitrogens with one attached hydrogen (secondary N) is 1. The summed E-state index contributed by atoms with van der Waals surface area (Å²) in [4.78, 5) is 26.5. The van der Waals surface area contributed by atoms with Crippen LogP contribution < -0.4 is 11.1 Å². The van der Waals surface area contributed by atoms with Gasteiger partial charge in [0.15, 0.2) is 0 Å². The van der Waals surface area contributed by atoms with Gasteiger partial charge in [-0.2, -0.15) is 0 Å². The summed E-state index contributed by atoms with van der Waals surface area (Å²) >= 11 is 0. The fraction of sp³-hybridized carbons (Fsp3) is 0.875. The van der Waals surface area contributed by atoms with Crippen molar-refractivity contribution in [1.82, 2.24) is 10.2 Å². The molecule has 1 saturated carbocycles. The quantitative estimate of drug-likeness (QED) is 0.826. The molecule has 128 valence electrons. The molecule has 1 aliphatic heterocycles. The zero-order valence-corrected chi connectivity index (χ0v) is 14.7. The molecule has 0 radical (unpaired) electrons. The number of rotatable bonds is 3. The Hall–Kier alpha value is -0.810. The maximum atomic E-state index is 12.5. The topological polar surface area (TPSA) is 75.4 Å². The van der Waals surface area contributed by atoms with E-state index in [-0.39, 0.29) is 41.6 Å². The van der Waals surface area contributed by atoms with E-state index >= 15 is 0 Å². The number of nitrogens with zero attached hydrogens (tertiary/aromatic N) is 1. The number of carbonyl (C=O) groups is 2. The number of hydrogen-bond donors (Lipinski definition) is 2. The van der Waals surface area contributed by atoms with Crippen molar-refractivity contribution in [3.05, 3.63) is 0 Å². The highest BCUT2D eigenvalue weighted by molar-refractivity contribution is 5.88. The molecular formula is C16H30ClN3O2. The Balaban J connectivity index is 0.00000242. The molecule has 2 aliphatic rings. The molecule has 6 heteroatoms. The molecule has 1 heterocycles. The monoisotopic (exact) mass is 331 g/mol. The number of piperidine rings is 1. The van der Waals surface area contributed by atoms with E-state index in [0.29, 0.717) is 13.1 Å². The van der Waals surface area contributed by atoms with Gasteiger partial charge < -0.3 is 16.0 Å². The average Bonchev–Trinajstić information content (AvgIpc) is 2.95. The summed E-state index contributed by atoms with van der Waals surface area (Å²) in [6.45, 7) is 7.33. The molecule has 2 unspecified atom stereocenters. The maximum Gasteiger partial charge on any atom is 0.244 e. The molecule has 0 bridgehead atoms. The lowest BCUT2D eigenvalue weighted by atomic mass is 9.79. The molecule has 0 aromatic carbocycles. The van der Waals surface area contributed by atoms with Gasteiger partial charge >= 0.3 is 0 Å². The lowest BCUT2D eigenvalue weighted by Crippen LogP contribution is -2.57. The minimum Gasteiger partial charge on any atom is -0.344 e. The van der Waals surface area contributed by atoms with Crippen molar-refractivity contribution in [2.75, 3.05) is 13.1 Å². The summed E-state index contributed by atoms with van der Waals surface area (Å²) in [6, 6.07) is -0.312. The van der Waals surface area contributed by atoms with E-state index in [4.69, 9.17) is 5.73 Å². The van der Waals surface area contributed by atoms with E-state index in [1.807, 2.05) is 4.90 Å². The highest BCUT2D eigenvalue weighted by Gasteiger charge is 2.37. The largest absolute Gasteiger partial charge is 0.344 e. The molecule has 0 aromatic rings. The van der Waals surface area contributed by atoms with Gasteiger partial charge in [-0.1, -0.05) is 26.7 Å². The molecule has 5 nitrogen and oxygen atoms in total. The van der Waals surface area contributed by atoms with Gasteiger partial charge in [-0.15, -0.1) is 12.4 Å². The Kier molecular flexibility index (Phi) is 6.68. The fourth-order valence-corrected chi connectivity index (χ4v) is 3.42. The zero-order valence-electron chi connectivity index (χ0n) is 13.9. The zero-order chi connectivity index (χ0) is 15.6. The lowest BCUT2D eigenvalue weighted by Gasteiger charge is -2.43. The van der Waals surface area contributed by atoms with Crippen LogP contribution in [0, 0.1) is 11.3 Å². The molecule has 22 heavy (non-hydrogen) atoms. The highest BCUT2D eigenvalue weighted by atomic mass is 35.5. The molecule has 0 spiro atoms. The third-order valence-electron chi connectivity index (χ3n) is 5.08. The van der Waals surface area contributed by atoms with Gasteiger partial charge in [0.1, 0.15) is 6.04 Å². The summed E-state index contributed by atoms with van der Waals surface area (Å²) < 4.78 is 0. The Morgan fingerprint density at radius 1 is 1.23 bits per heavy atom. The van der Waals surface area contributed by atoms with Gasteiger partial charge in [0.05, 0.1) is 0 Å². The van der Waals surface area contributed by atoms with Gasteiger partial charge in [0, 0.05) is 25.0 Å². The molecule has 2 rings (SSSR count). The molecule has 2 fully saturated rings. The molecule has 3 N–H and O–H groups in total. The van der Waals surface area contributed by atoms with Crippen molar-refractivity contribution in [3.63, 3.8) is 0 Å². The van der Waals surface area contributed by atoms with Gasteiger partial charge in [-0.05, 0) is 31.6 Å². The predicted molar refractivity (Wildman–Crippen MR) is 89.8 cm³/mol. The van der Waals surface area contributed by atoms with Crippen LogP contribution in [0.15, 0.2) is 0 Å². The fourth-order valence-electron chi connectivity index (χ4n) is 3.42. The Morgan fingerprint density at radius 3 is 2.36 bits per heavy atom. The third kappa shape index (κ3) is 4.35. The Labute approximate surface area is 139 Å². The summed E-state index contributed by atoms with van der Waals surface area (Å²) in [7, 11) is 0. The first-order chi connectivity index (χ1) is 9.81. The van der Waals surface area contributed by atoms with Crippen LogP contribution >= 0.6 is 12.4 Å². The van der Waals surface area contributed by atoms with E-state index in [1.54, 1.807) is 6.92 Å². The van der Waals surface area contributed by atoms with Gasteiger partial charge in [-0.3, -0.25) is 9.59 Å². The lowest BCUT2D eigenvalue weighted by molar-refractivity contribution is -0.139. The number of amides is 2. The maximum absolute atomic E-state index is 12.5. The highest BCUT2D eigenvalue weighted by Crippen LogP contribution is 2.28. The van der Waals surface area contributed by atoms with Crippen molar-refractivity contribution in [1.29, 1.82) is 0 Å². The SMILES string of the molecule is CC(NC(=O)C1CCCC1)C(=O)N1CCC(N)C(C)(C)C1.Cl. The number of likely N-dealkylation sites (tertiary alicyclic amines) is 1. The van der Waals surface area contributed by atoms with E-state index in [2.05, 4.69) is 19.2 Å². The summed E-state index contributed by atoms with van der Waals surface area (Å²) in [6.07, 6.45) is 4.98. The third-order valence-corrected chi connectivity index (χ3v) is 5.08. The van der Waals surface area contributed by atoms with Crippen LogP contribution in [0.1, 0.15) is 52.9 Å². The second-order valence-corrected chi connectivity index (χ2v) is 7.36. The first-order valence-corrected chi connectivity index (χ1v) is 8.16. The van der Waals surface area contributed by atoms with Crippen molar-refractivity contribution >= 4 is 24.2 Å². The van der Waals surface area contributed by atoms with Crippen LogP contribution in [0.4, 0.5) is 0 Å². The smallest absolute Gasteiger partial charge is 0.244 e. The van der Waals surface area contributed by atoms with Gasteiger partial charge in [0.2, 0.25) is 11.8 Å². The predicted octanol–water partition coefficient (Wildman–Crippen LogP) is 1.69. The number of carbonyl (C=O) groups excluding carboxylic acids is 2.